The van der Waals surface area contributed by atoms with E-state index in [4.69, 9.17) is 0 Å². The van der Waals surface area contributed by atoms with Gasteiger partial charge in [0.25, 0.3) is 5.91 Å². The summed E-state index contributed by atoms with van der Waals surface area (Å²) in [5, 5.41) is 2.34. The molecule has 3 heterocycles. The Kier molecular flexibility index (Phi) is 4.50. The minimum Gasteiger partial charge on any atom is -0.322 e. The maximum absolute atomic E-state index is 12.8. The number of hydrogen-bond donors (Lipinski definition) is 1. The molecule has 0 radical (unpaired) electrons. The first-order chi connectivity index (χ1) is 12.5. The maximum Gasteiger partial charge on any atom is 0.255 e. The van der Waals surface area contributed by atoms with Gasteiger partial charge in [-0.25, -0.2) is 0 Å². The molecule has 0 aromatic heterocycles. The van der Waals surface area contributed by atoms with Crippen molar-refractivity contribution < 1.29 is 14.4 Å². The number of likely N-dealkylation sites (N-methyl/N-ethyl adjacent to an activating group) is 1. The number of piperazine rings is 1. The molecule has 3 amide bonds. The van der Waals surface area contributed by atoms with Crippen LogP contribution in [0.15, 0.2) is 35.5 Å². The summed E-state index contributed by atoms with van der Waals surface area (Å²) in [5.41, 5.74) is 1.62. The average Bonchev–Trinajstić information content (AvgIpc) is 2.79. The van der Waals surface area contributed by atoms with E-state index in [2.05, 4.69) is 34.3 Å². The second-order valence-corrected chi connectivity index (χ2v) is 7.39. The van der Waals surface area contributed by atoms with Crippen molar-refractivity contribution in [3.8, 4) is 0 Å². The van der Waals surface area contributed by atoms with E-state index in [0.29, 0.717) is 18.5 Å². The summed E-state index contributed by atoms with van der Waals surface area (Å²) >= 11 is 0. The first-order valence-corrected chi connectivity index (χ1v) is 9.20. The highest BCUT2D eigenvalue weighted by molar-refractivity contribution is 6.06. The number of hydrogen-bond acceptors (Lipinski definition) is 5. The van der Waals surface area contributed by atoms with Crippen LogP contribution in [0.3, 0.4) is 0 Å². The molecule has 0 aromatic carbocycles. The van der Waals surface area contributed by atoms with Crippen LogP contribution in [-0.2, 0) is 14.4 Å². The monoisotopic (exact) mass is 356 g/mol. The Morgan fingerprint density at radius 3 is 2.50 bits per heavy atom. The van der Waals surface area contributed by atoms with Gasteiger partial charge in [-0.3, -0.25) is 24.6 Å². The van der Waals surface area contributed by atoms with Gasteiger partial charge in [0.05, 0.1) is 0 Å². The molecule has 26 heavy (non-hydrogen) atoms. The van der Waals surface area contributed by atoms with E-state index in [1.807, 2.05) is 12.2 Å². The van der Waals surface area contributed by atoms with Gasteiger partial charge in [0.2, 0.25) is 11.8 Å². The molecule has 2 saturated heterocycles. The Hall–Kier alpha value is -2.25. The van der Waals surface area contributed by atoms with E-state index < -0.39 is 6.04 Å². The van der Waals surface area contributed by atoms with Crippen molar-refractivity contribution in [2.75, 3.05) is 39.8 Å². The van der Waals surface area contributed by atoms with Crippen molar-refractivity contribution in [3.63, 3.8) is 0 Å². The van der Waals surface area contributed by atoms with Gasteiger partial charge in [0, 0.05) is 50.8 Å². The van der Waals surface area contributed by atoms with E-state index in [1.165, 1.54) is 0 Å². The maximum atomic E-state index is 12.8. The number of carbonyl (C=O) groups is 3. The van der Waals surface area contributed by atoms with E-state index in [-0.39, 0.29) is 30.2 Å². The summed E-state index contributed by atoms with van der Waals surface area (Å²) in [6.07, 6.45) is 8.84. The van der Waals surface area contributed by atoms with Crippen LogP contribution in [0.5, 0.6) is 0 Å². The lowest BCUT2D eigenvalue weighted by Gasteiger charge is -2.35. The molecule has 1 N–H and O–H groups in total. The van der Waals surface area contributed by atoms with Crippen LogP contribution in [0.2, 0.25) is 0 Å². The summed E-state index contributed by atoms with van der Waals surface area (Å²) in [4.78, 5) is 42.6. The van der Waals surface area contributed by atoms with Crippen LogP contribution in [-0.4, -0.2) is 84.3 Å². The van der Waals surface area contributed by atoms with Crippen LogP contribution in [0.1, 0.15) is 12.8 Å². The second-order valence-electron chi connectivity index (χ2n) is 7.39. The SMILES string of the molecule is CN1CCN(C2C=CC3=C(C=C2)C(=O)N(C2CCC(=O)NC2=O)C3)CC1. The highest BCUT2D eigenvalue weighted by Gasteiger charge is 2.39. The van der Waals surface area contributed by atoms with E-state index >= 15 is 0 Å². The molecule has 0 saturated carbocycles. The predicted octanol–water partition coefficient (Wildman–Crippen LogP) is -0.328. The highest BCUT2D eigenvalue weighted by atomic mass is 16.2. The minimum absolute atomic E-state index is 0.116. The Balaban J connectivity index is 1.45. The molecule has 2 atom stereocenters. The number of rotatable bonds is 2. The van der Waals surface area contributed by atoms with Crippen molar-refractivity contribution in [1.29, 1.82) is 0 Å². The zero-order valence-electron chi connectivity index (χ0n) is 15.0. The molecule has 7 heteroatoms. The van der Waals surface area contributed by atoms with E-state index in [1.54, 1.807) is 4.90 Å². The quantitative estimate of drug-likeness (QED) is 0.686. The molecule has 2 fully saturated rings. The predicted molar refractivity (Wildman–Crippen MR) is 96.0 cm³/mol. The van der Waals surface area contributed by atoms with E-state index in [9.17, 15) is 14.4 Å². The summed E-state index contributed by atoms with van der Waals surface area (Å²) < 4.78 is 0. The Labute approximate surface area is 153 Å². The van der Waals surface area contributed by atoms with Crippen molar-refractivity contribution >= 4 is 17.7 Å². The third kappa shape index (κ3) is 3.12. The molecule has 4 aliphatic rings. The van der Waals surface area contributed by atoms with Gasteiger partial charge >= 0.3 is 0 Å². The zero-order chi connectivity index (χ0) is 18.3. The van der Waals surface area contributed by atoms with E-state index in [0.717, 1.165) is 31.8 Å². The number of piperidine rings is 1. The number of nitrogens with one attached hydrogen (secondary N) is 1. The Bertz CT molecular complexity index is 731. The van der Waals surface area contributed by atoms with Crippen LogP contribution < -0.4 is 5.32 Å². The fourth-order valence-electron chi connectivity index (χ4n) is 4.02. The number of carbonyl (C=O) groups excluding carboxylic acids is 3. The molecular weight excluding hydrogens is 332 g/mol. The second kappa shape index (κ2) is 6.81. The Morgan fingerprint density at radius 2 is 1.77 bits per heavy atom. The highest BCUT2D eigenvalue weighted by Crippen LogP contribution is 2.28. The molecule has 0 bridgehead atoms. The number of amides is 3. The van der Waals surface area contributed by atoms with Crippen LogP contribution in [0.4, 0.5) is 0 Å². The zero-order valence-corrected chi connectivity index (χ0v) is 15.0. The summed E-state index contributed by atoms with van der Waals surface area (Å²) in [6.45, 7) is 4.55. The lowest BCUT2D eigenvalue weighted by molar-refractivity contribution is -0.142. The van der Waals surface area contributed by atoms with Crippen molar-refractivity contribution in [2.24, 2.45) is 0 Å². The Morgan fingerprint density at radius 1 is 1.04 bits per heavy atom. The molecule has 3 aliphatic heterocycles. The van der Waals surface area contributed by atoms with Gasteiger partial charge < -0.3 is 9.80 Å². The van der Waals surface area contributed by atoms with Gasteiger partial charge in [0.1, 0.15) is 6.04 Å². The average molecular weight is 356 g/mol. The molecule has 0 spiro atoms. The molecular formula is C19H24N4O3. The molecule has 2 unspecified atom stereocenters. The number of nitrogens with zero attached hydrogens (tertiary/aromatic N) is 3. The van der Waals surface area contributed by atoms with Gasteiger partial charge in [0.15, 0.2) is 0 Å². The van der Waals surface area contributed by atoms with Gasteiger partial charge in [-0.15, -0.1) is 0 Å². The van der Waals surface area contributed by atoms with Gasteiger partial charge in [-0.2, -0.15) is 0 Å². The summed E-state index contributed by atoms with van der Waals surface area (Å²) in [6, 6.07) is -0.353. The fourth-order valence-corrected chi connectivity index (χ4v) is 4.02. The topological polar surface area (TPSA) is 73.0 Å². The largest absolute Gasteiger partial charge is 0.322 e. The van der Waals surface area contributed by atoms with Crippen molar-refractivity contribution in [1.82, 2.24) is 20.0 Å². The van der Waals surface area contributed by atoms with Crippen LogP contribution in [0.25, 0.3) is 0 Å². The molecule has 7 nitrogen and oxygen atoms in total. The van der Waals surface area contributed by atoms with Crippen LogP contribution in [0, 0.1) is 0 Å². The van der Waals surface area contributed by atoms with Gasteiger partial charge in [-0.1, -0.05) is 24.3 Å². The third-order valence-electron chi connectivity index (χ3n) is 5.68. The van der Waals surface area contributed by atoms with Crippen LogP contribution >= 0.6 is 0 Å². The lowest BCUT2D eigenvalue weighted by atomic mass is 10.0. The normalized spacial score (nSPS) is 30.7. The summed E-state index contributed by atoms with van der Waals surface area (Å²) in [5.74, 6) is -0.743. The molecule has 1 aliphatic carbocycles. The first-order valence-electron chi connectivity index (χ1n) is 9.20. The standard InChI is InChI=1S/C19H24N4O3/c1-21-8-10-22(11-9-21)14-3-2-13-12-23(19(26)15(13)5-4-14)16-6-7-17(24)20-18(16)25/h2-5,14,16H,6-12H2,1H3,(H,20,24,25). The van der Waals surface area contributed by atoms with Crippen molar-refractivity contribution in [3.05, 3.63) is 35.5 Å². The van der Waals surface area contributed by atoms with Crippen molar-refractivity contribution in [2.45, 2.75) is 24.9 Å². The smallest absolute Gasteiger partial charge is 0.255 e. The lowest BCUT2D eigenvalue weighted by Crippen LogP contribution is -2.53. The molecule has 138 valence electrons. The fraction of sp³-hybridized carbons (Fsp3) is 0.526. The van der Waals surface area contributed by atoms with Gasteiger partial charge in [-0.05, 0) is 19.0 Å². The number of imide groups is 1. The third-order valence-corrected chi connectivity index (χ3v) is 5.68. The molecule has 0 aromatic rings. The molecule has 4 rings (SSSR count). The first kappa shape index (κ1) is 17.2. The minimum atomic E-state index is -0.553. The summed E-state index contributed by atoms with van der Waals surface area (Å²) in [7, 11) is 2.13.